The number of carboxylic acids is 2. The van der Waals surface area contributed by atoms with Gasteiger partial charge in [0.15, 0.2) is 17.7 Å². The first kappa shape index (κ1) is 29.0. The van der Waals surface area contributed by atoms with Crippen LogP contribution in [0.25, 0.3) is 11.2 Å². The van der Waals surface area contributed by atoms with E-state index in [0.29, 0.717) is 41.3 Å². The second-order valence-corrected chi connectivity index (χ2v) is 10.7. The van der Waals surface area contributed by atoms with Crippen molar-refractivity contribution < 1.29 is 34.8 Å². The Balaban J connectivity index is 0.000000466. The highest BCUT2D eigenvalue weighted by atomic mass is 32.2. The van der Waals surface area contributed by atoms with E-state index in [1.165, 1.54) is 17.2 Å². The molecule has 1 aliphatic heterocycles. The number of carboxylic acid groups (broad SMARTS) is 2. The molecule has 7 atom stereocenters. The molecule has 1 aliphatic rings. The Morgan fingerprint density at radius 1 is 1.23 bits per heavy atom. The predicted octanol–water partition coefficient (Wildman–Crippen LogP) is -3.54. The Morgan fingerprint density at radius 2 is 1.91 bits per heavy atom. The summed E-state index contributed by atoms with van der Waals surface area (Å²) >= 11 is 3.78. The fourth-order valence-electron chi connectivity index (χ4n) is 3.23. The minimum atomic E-state index is -1.21. The SMILES string of the molecule is C[S+](CC[C@H](N)C(=O)O)C[C@H]1O[C@@H](n2cnc3c(N)ncnc32)[C@H](O)[C@@H]1O.N[C@@H](CCS)C(=O)[O-]. The summed E-state index contributed by atoms with van der Waals surface area (Å²) in [4.78, 5) is 32.8. The van der Waals surface area contributed by atoms with E-state index < -0.39 is 48.6 Å². The van der Waals surface area contributed by atoms with Crippen LogP contribution in [-0.2, 0) is 25.2 Å². The van der Waals surface area contributed by atoms with E-state index in [0.717, 1.165) is 0 Å². The summed E-state index contributed by atoms with van der Waals surface area (Å²) in [5.74, 6) is -0.474. The number of imidazole rings is 1. The zero-order valence-electron chi connectivity index (χ0n) is 19.0. The largest absolute Gasteiger partial charge is 0.548 e. The van der Waals surface area contributed by atoms with Crippen molar-refractivity contribution in [1.82, 2.24) is 19.5 Å². The van der Waals surface area contributed by atoms with Gasteiger partial charge in [0, 0.05) is 12.5 Å². The number of nitrogens with zero attached hydrogens (tertiary/aromatic N) is 4. The molecule has 2 aromatic heterocycles. The predicted molar refractivity (Wildman–Crippen MR) is 130 cm³/mol. The molecule has 0 aliphatic carbocycles. The molecule has 1 unspecified atom stereocenters. The lowest BCUT2D eigenvalue weighted by atomic mass is 10.1. The fraction of sp³-hybridized carbons (Fsp3) is 0.632. The molecule has 0 aromatic carbocycles. The second-order valence-electron chi connectivity index (χ2n) is 7.95. The molecule has 9 N–H and O–H groups in total. The van der Waals surface area contributed by atoms with Gasteiger partial charge in [0.25, 0.3) is 0 Å². The molecule has 1 fully saturated rings. The van der Waals surface area contributed by atoms with Gasteiger partial charge in [-0.1, -0.05) is 0 Å². The monoisotopic (exact) mass is 533 g/mol. The van der Waals surface area contributed by atoms with Crippen molar-refractivity contribution in [3.05, 3.63) is 12.7 Å². The lowest BCUT2D eigenvalue weighted by Crippen LogP contribution is -2.41. The van der Waals surface area contributed by atoms with Crippen molar-refractivity contribution in [2.45, 2.75) is 49.5 Å². The second kappa shape index (κ2) is 13.2. The van der Waals surface area contributed by atoms with Gasteiger partial charge in [-0.15, -0.1) is 0 Å². The first-order chi connectivity index (χ1) is 16.5. The summed E-state index contributed by atoms with van der Waals surface area (Å²) in [6.45, 7) is 0. The van der Waals surface area contributed by atoms with E-state index in [4.69, 9.17) is 27.0 Å². The minimum absolute atomic E-state index is 0.216. The van der Waals surface area contributed by atoms with Gasteiger partial charge < -0.3 is 47.2 Å². The number of rotatable bonds is 10. The summed E-state index contributed by atoms with van der Waals surface area (Å²) in [5, 5.41) is 39.5. The number of aliphatic carboxylic acids is 2. The number of hydrogen-bond donors (Lipinski definition) is 7. The highest BCUT2D eigenvalue weighted by Crippen LogP contribution is 2.32. The van der Waals surface area contributed by atoms with Gasteiger partial charge in [0.1, 0.15) is 47.7 Å². The van der Waals surface area contributed by atoms with Gasteiger partial charge in [-0.05, 0) is 23.1 Å². The number of hydrogen-bond acceptors (Lipinski definition) is 13. The Kier molecular flexibility index (Phi) is 10.9. The summed E-state index contributed by atoms with van der Waals surface area (Å²) in [6.07, 6.45) is 1.68. The zero-order chi connectivity index (χ0) is 26.3. The van der Waals surface area contributed by atoms with Crippen LogP contribution in [0.15, 0.2) is 12.7 Å². The third kappa shape index (κ3) is 7.63. The van der Waals surface area contributed by atoms with Gasteiger partial charge in [-0.2, -0.15) is 12.6 Å². The quantitative estimate of drug-likeness (QED) is 0.116. The number of ether oxygens (including phenoxy) is 1. The molecule has 14 nitrogen and oxygen atoms in total. The highest BCUT2D eigenvalue weighted by Gasteiger charge is 2.46. The van der Waals surface area contributed by atoms with Crippen LogP contribution in [-0.4, -0.2) is 101 Å². The fourth-order valence-corrected chi connectivity index (χ4v) is 5.16. The van der Waals surface area contributed by atoms with Gasteiger partial charge in [-0.3, -0.25) is 9.36 Å². The normalized spacial score (nSPS) is 24.4. The molecule has 0 radical (unpaired) electrons. The van der Waals surface area contributed by atoms with E-state index in [9.17, 15) is 24.9 Å². The number of carbonyl (C=O) groups is 2. The minimum Gasteiger partial charge on any atom is -0.548 e. The molecule has 0 bridgehead atoms. The molecule has 35 heavy (non-hydrogen) atoms. The van der Waals surface area contributed by atoms with Gasteiger partial charge >= 0.3 is 5.97 Å². The van der Waals surface area contributed by atoms with Crippen LogP contribution in [0.1, 0.15) is 19.1 Å². The Labute approximate surface area is 209 Å². The van der Waals surface area contributed by atoms with Gasteiger partial charge in [0.05, 0.1) is 18.6 Å². The van der Waals surface area contributed by atoms with Crippen LogP contribution in [0.5, 0.6) is 0 Å². The molecule has 0 saturated carbocycles. The number of anilines is 1. The molecule has 196 valence electrons. The maximum atomic E-state index is 10.8. The van der Waals surface area contributed by atoms with Crippen molar-refractivity contribution in [3.63, 3.8) is 0 Å². The van der Waals surface area contributed by atoms with E-state index in [2.05, 4.69) is 27.6 Å². The van der Waals surface area contributed by atoms with Crippen LogP contribution in [0.4, 0.5) is 5.82 Å². The topological polar surface area (TPSA) is 249 Å². The molecular formula is C19H31N7O7S2. The zero-order valence-corrected chi connectivity index (χ0v) is 20.7. The summed E-state index contributed by atoms with van der Waals surface area (Å²) < 4.78 is 7.41. The van der Waals surface area contributed by atoms with Crippen molar-refractivity contribution >= 4 is 52.4 Å². The molecular weight excluding hydrogens is 502 g/mol. The number of nitrogen functional groups attached to an aromatic ring is 1. The number of fused-ring (bicyclic) bond motifs is 1. The summed E-state index contributed by atoms with van der Waals surface area (Å²) in [5.41, 5.74) is 17.1. The Hall–Kier alpha value is -2.21. The molecule has 3 heterocycles. The third-order valence-electron chi connectivity index (χ3n) is 5.28. The van der Waals surface area contributed by atoms with Crippen LogP contribution < -0.4 is 22.3 Å². The third-order valence-corrected chi connectivity index (χ3v) is 7.37. The first-order valence-corrected chi connectivity index (χ1v) is 13.2. The van der Waals surface area contributed by atoms with Crippen molar-refractivity contribution in [2.24, 2.45) is 11.5 Å². The summed E-state index contributed by atoms with van der Waals surface area (Å²) in [7, 11) is -0.235. The van der Waals surface area contributed by atoms with Crippen molar-refractivity contribution in [3.8, 4) is 0 Å². The van der Waals surface area contributed by atoms with Crippen LogP contribution in [0.3, 0.4) is 0 Å². The van der Waals surface area contributed by atoms with Crippen LogP contribution in [0.2, 0.25) is 0 Å². The molecule has 2 aromatic rings. The molecule has 0 amide bonds. The average Bonchev–Trinajstić information content (AvgIpc) is 3.35. The standard InChI is InChI=1S/C15H22N6O5S.C4H9NO2S/c1-27(3-2-7(16)15(24)25)4-8-10(22)11(23)14(26-8)21-6-20-9-12(17)18-5-19-13(9)21;5-3(1-2-8)4(6)7/h5-8,10-11,14,22-23H,2-4,16H2,1H3,(H2-,17,18,19,24,25);3,8H,1-2,5H2,(H,6,7)/t7-,8+,10+,11+,14+,27?;3-/m00/s1. The maximum Gasteiger partial charge on any atom is 0.320 e. The van der Waals surface area contributed by atoms with Gasteiger partial charge in [0.2, 0.25) is 0 Å². The van der Waals surface area contributed by atoms with E-state index in [1.807, 2.05) is 6.26 Å². The highest BCUT2D eigenvalue weighted by molar-refractivity contribution is 7.96. The maximum absolute atomic E-state index is 10.8. The molecule has 1 saturated heterocycles. The number of aromatic nitrogens is 4. The lowest BCUT2D eigenvalue weighted by Gasteiger charge is -2.16. The van der Waals surface area contributed by atoms with Crippen LogP contribution in [0, 0.1) is 0 Å². The summed E-state index contributed by atoms with van der Waals surface area (Å²) in [6, 6.07) is -1.76. The Morgan fingerprint density at radius 3 is 2.49 bits per heavy atom. The van der Waals surface area contributed by atoms with E-state index in [1.54, 1.807) is 0 Å². The first-order valence-electron chi connectivity index (χ1n) is 10.6. The molecule has 0 spiro atoms. The van der Waals surface area contributed by atoms with E-state index in [-0.39, 0.29) is 16.7 Å². The van der Waals surface area contributed by atoms with Crippen LogP contribution >= 0.6 is 12.6 Å². The number of aliphatic hydroxyl groups excluding tert-OH is 2. The number of aliphatic hydroxyl groups is 2. The van der Waals surface area contributed by atoms with Crippen molar-refractivity contribution in [1.29, 1.82) is 0 Å². The molecule has 16 heteroatoms. The number of nitrogens with two attached hydrogens (primary N) is 3. The average molecular weight is 534 g/mol. The van der Waals surface area contributed by atoms with Crippen molar-refractivity contribution in [2.75, 3.05) is 29.2 Å². The lowest BCUT2D eigenvalue weighted by molar-refractivity contribution is -0.307. The number of thiol groups is 1. The van der Waals surface area contributed by atoms with Gasteiger partial charge in [-0.25, -0.2) is 15.0 Å². The number of carbonyl (C=O) groups excluding carboxylic acids is 1. The Bertz CT molecular complexity index is 998. The smallest absolute Gasteiger partial charge is 0.320 e. The molecule has 3 rings (SSSR count). The van der Waals surface area contributed by atoms with E-state index >= 15 is 0 Å².